The fraction of sp³-hybridized carbons (Fsp3) is 0.421. The standard InChI is InChI=1S/C19H21FN2O3/c20-15-10-13(17-2-1-8-24-17)5-6-16(15)22-19(23)21-14-7-9-25-18(11-14)12-3-4-12/h1-2,5-6,8,10,12,14,18H,3-4,7,9,11H2,(H2,21,22,23)/t14-,18-/m1/s1. The van der Waals surface area contributed by atoms with Gasteiger partial charge in [-0.1, -0.05) is 0 Å². The number of carbonyl (C=O) groups is 1. The highest BCUT2D eigenvalue weighted by molar-refractivity contribution is 5.89. The minimum absolute atomic E-state index is 0.0739. The van der Waals surface area contributed by atoms with Crippen LogP contribution in [0.2, 0.25) is 0 Å². The Kier molecular flexibility index (Phi) is 4.44. The third kappa shape index (κ3) is 3.85. The van der Waals surface area contributed by atoms with Crippen molar-refractivity contribution in [2.24, 2.45) is 5.92 Å². The van der Waals surface area contributed by atoms with Gasteiger partial charge < -0.3 is 19.8 Å². The van der Waals surface area contributed by atoms with E-state index in [1.54, 1.807) is 24.3 Å². The van der Waals surface area contributed by atoms with Gasteiger partial charge in [0.1, 0.15) is 11.6 Å². The maximum absolute atomic E-state index is 14.3. The van der Waals surface area contributed by atoms with E-state index in [4.69, 9.17) is 9.15 Å². The summed E-state index contributed by atoms with van der Waals surface area (Å²) in [4.78, 5) is 12.2. The molecule has 6 heteroatoms. The van der Waals surface area contributed by atoms with Crippen LogP contribution in [0.15, 0.2) is 41.0 Å². The lowest BCUT2D eigenvalue weighted by Crippen LogP contribution is -2.44. The lowest BCUT2D eigenvalue weighted by atomic mass is 10.0. The molecule has 0 radical (unpaired) electrons. The Morgan fingerprint density at radius 2 is 2.08 bits per heavy atom. The van der Waals surface area contributed by atoms with Crippen LogP contribution in [0.1, 0.15) is 25.7 Å². The predicted molar refractivity (Wildman–Crippen MR) is 91.7 cm³/mol. The van der Waals surface area contributed by atoms with Crippen LogP contribution in [-0.4, -0.2) is 24.8 Å². The van der Waals surface area contributed by atoms with Crippen LogP contribution in [0.3, 0.4) is 0 Å². The summed E-state index contributed by atoms with van der Waals surface area (Å²) in [5.74, 6) is 0.745. The molecule has 25 heavy (non-hydrogen) atoms. The molecule has 2 amide bonds. The summed E-state index contributed by atoms with van der Waals surface area (Å²) in [6.07, 6.45) is 5.85. The molecule has 1 saturated heterocycles. The molecule has 2 N–H and O–H groups in total. The van der Waals surface area contributed by atoms with Crippen LogP contribution in [-0.2, 0) is 4.74 Å². The molecule has 0 bridgehead atoms. The van der Waals surface area contributed by atoms with Crippen molar-refractivity contribution in [1.29, 1.82) is 0 Å². The third-order valence-electron chi connectivity index (χ3n) is 4.82. The lowest BCUT2D eigenvalue weighted by molar-refractivity contribution is -0.00890. The maximum Gasteiger partial charge on any atom is 0.319 e. The molecule has 0 spiro atoms. The van der Waals surface area contributed by atoms with Crippen molar-refractivity contribution in [2.45, 2.75) is 37.8 Å². The van der Waals surface area contributed by atoms with Gasteiger partial charge in [0.15, 0.2) is 0 Å². The highest BCUT2D eigenvalue weighted by Crippen LogP contribution is 2.38. The van der Waals surface area contributed by atoms with Crippen LogP contribution in [0.5, 0.6) is 0 Å². The predicted octanol–water partition coefficient (Wildman–Crippen LogP) is 4.16. The van der Waals surface area contributed by atoms with E-state index in [2.05, 4.69) is 10.6 Å². The molecular formula is C19H21FN2O3. The lowest BCUT2D eigenvalue weighted by Gasteiger charge is -2.30. The molecule has 2 aromatic rings. The summed E-state index contributed by atoms with van der Waals surface area (Å²) in [6, 6.07) is 7.81. The molecule has 132 valence electrons. The van der Waals surface area contributed by atoms with Gasteiger partial charge in [-0.25, -0.2) is 9.18 Å². The van der Waals surface area contributed by atoms with Crippen molar-refractivity contribution >= 4 is 11.7 Å². The first-order valence-electron chi connectivity index (χ1n) is 8.71. The molecule has 4 rings (SSSR count). The molecule has 2 heterocycles. The number of carbonyl (C=O) groups excluding carboxylic acids is 1. The van der Waals surface area contributed by atoms with Gasteiger partial charge in [-0.2, -0.15) is 0 Å². The van der Waals surface area contributed by atoms with E-state index in [1.807, 2.05) is 0 Å². The molecule has 1 aromatic carbocycles. The number of ether oxygens (including phenoxy) is 1. The Hall–Kier alpha value is -2.34. The summed E-state index contributed by atoms with van der Waals surface area (Å²) in [6.45, 7) is 0.665. The van der Waals surface area contributed by atoms with Crippen LogP contribution in [0.4, 0.5) is 14.9 Å². The number of urea groups is 1. The molecule has 2 atom stereocenters. The SMILES string of the molecule is O=C(Nc1ccc(-c2ccco2)cc1F)N[C@@H]1CCO[C@@H](C2CC2)C1. The average molecular weight is 344 g/mol. The van der Waals surface area contributed by atoms with Crippen molar-refractivity contribution in [3.63, 3.8) is 0 Å². The highest BCUT2D eigenvalue weighted by Gasteiger charge is 2.36. The summed E-state index contributed by atoms with van der Waals surface area (Å²) in [5, 5.41) is 5.53. The fourth-order valence-electron chi connectivity index (χ4n) is 3.31. The van der Waals surface area contributed by atoms with Gasteiger partial charge in [0, 0.05) is 18.2 Å². The summed E-state index contributed by atoms with van der Waals surface area (Å²) < 4.78 is 25.3. The van der Waals surface area contributed by atoms with Crippen LogP contribution >= 0.6 is 0 Å². The van der Waals surface area contributed by atoms with E-state index in [9.17, 15) is 9.18 Å². The number of nitrogens with one attached hydrogen (secondary N) is 2. The largest absolute Gasteiger partial charge is 0.464 e. The number of anilines is 1. The first kappa shape index (κ1) is 16.1. The quantitative estimate of drug-likeness (QED) is 0.875. The van der Waals surface area contributed by atoms with E-state index in [0.717, 1.165) is 12.8 Å². The van der Waals surface area contributed by atoms with Gasteiger partial charge in [0.05, 0.1) is 18.1 Å². The molecule has 2 aliphatic rings. The molecule has 1 aliphatic heterocycles. The second kappa shape index (κ2) is 6.88. The van der Waals surface area contributed by atoms with Gasteiger partial charge in [-0.15, -0.1) is 0 Å². The number of amides is 2. The third-order valence-corrected chi connectivity index (χ3v) is 4.82. The summed E-state index contributed by atoms with van der Waals surface area (Å²) in [7, 11) is 0. The van der Waals surface area contributed by atoms with Gasteiger partial charge in [0.25, 0.3) is 0 Å². The monoisotopic (exact) mass is 344 g/mol. The Morgan fingerprint density at radius 1 is 1.20 bits per heavy atom. The Balaban J connectivity index is 1.35. The van der Waals surface area contributed by atoms with E-state index >= 15 is 0 Å². The Bertz CT molecular complexity index is 743. The molecule has 1 aliphatic carbocycles. The van der Waals surface area contributed by atoms with E-state index < -0.39 is 5.82 Å². The first-order valence-corrected chi connectivity index (χ1v) is 8.71. The maximum atomic E-state index is 14.3. The first-order chi connectivity index (χ1) is 12.2. The molecule has 0 unspecified atom stereocenters. The Labute approximate surface area is 145 Å². The van der Waals surface area contributed by atoms with E-state index in [1.165, 1.54) is 25.2 Å². The van der Waals surface area contributed by atoms with Gasteiger partial charge in [-0.3, -0.25) is 0 Å². The fourth-order valence-corrected chi connectivity index (χ4v) is 3.31. The minimum Gasteiger partial charge on any atom is -0.464 e. The molecular weight excluding hydrogens is 323 g/mol. The average Bonchev–Trinajstić information content (AvgIpc) is 3.31. The zero-order valence-corrected chi connectivity index (χ0v) is 13.8. The Morgan fingerprint density at radius 3 is 2.80 bits per heavy atom. The van der Waals surface area contributed by atoms with E-state index in [0.29, 0.717) is 23.8 Å². The van der Waals surface area contributed by atoms with Gasteiger partial charge >= 0.3 is 6.03 Å². The van der Waals surface area contributed by atoms with Crippen LogP contribution in [0.25, 0.3) is 11.3 Å². The van der Waals surface area contributed by atoms with Crippen molar-refractivity contribution in [3.8, 4) is 11.3 Å². The molecule has 2 fully saturated rings. The summed E-state index contributed by atoms with van der Waals surface area (Å²) >= 11 is 0. The minimum atomic E-state index is -0.494. The highest BCUT2D eigenvalue weighted by atomic mass is 19.1. The normalized spacial score (nSPS) is 23.2. The second-order valence-corrected chi connectivity index (χ2v) is 6.74. The van der Waals surface area contributed by atoms with Crippen molar-refractivity contribution in [1.82, 2.24) is 5.32 Å². The van der Waals surface area contributed by atoms with Crippen molar-refractivity contribution in [3.05, 3.63) is 42.4 Å². The van der Waals surface area contributed by atoms with Gasteiger partial charge in [-0.05, 0) is 61.9 Å². The van der Waals surface area contributed by atoms with Crippen molar-refractivity contribution < 1.29 is 18.3 Å². The number of hydrogen-bond donors (Lipinski definition) is 2. The number of halogens is 1. The molecule has 1 saturated carbocycles. The number of rotatable bonds is 4. The topological polar surface area (TPSA) is 63.5 Å². The summed E-state index contributed by atoms with van der Waals surface area (Å²) in [5.41, 5.74) is 0.781. The second-order valence-electron chi connectivity index (χ2n) is 6.74. The molecule has 5 nitrogen and oxygen atoms in total. The smallest absolute Gasteiger partial charge is 0.319 e. The van der Waals surface area contributed by atoms with Crippen molar-refractivity contribution in [2.75, 3.05) is 11.9 Å². The van der Waals surface area contributed by atoms with Gasteiger partial charge in [0.2, 0.25) is 0 Å². The number of furan rings is 1. The number of hydrogen-bond acceptors (Lipinski definition) is 3. The number of benzene rings is 1. The zero-order valence-electron chi connectivity index (χ0n) is 13.8. The molecule has 1 aromatic heterocycles. The van der Waals surface area contributed by atoms with Crippen LogP contribution < -0.4 is 10.6 Å². The van der Waals surface area contributed by atoms with Crippen LogP contribution in [0, 0.1) is 11.7 Å². The van der Waals surface area contributed by atoms with E-state index in [-0.39, 0.29) is 23.9 Å². The zero-order chi connectivity index (χ0) is 17.2.